The normalized spacial score (nSPS) is 14.8. The minimum atomic E-state index is 0.437. The molecule has 9 heteroatoms. The van der Waals surface area contributed by atoms with Gasteiger partial charge in [0.1, 0.15) is 17.3 Å². The van der Waals surface area contributed by atoms with E-state index in [1.807, 2.05) is 24.1 Å². The van der Waals surface area contributed by atoms with E-state index in [1.165, 1.54) is 0 Å². The van der Waals surface area contributed by atoms with Gasteiger partial charge in [-0.25, -0.2) is 5.01 Å². The molecule has 2 heterocycles. The molecule has 1 aliphatic rings. The minimum absolute atomic E-state index is 0.437. The second-order valence-electron chi connectivity index (χ2n) is 5.43. The first kappa shape index (κ1) is 17.2. The topological polar surface area (TPSA) is 93.7 Å². The van der Waals surface area contributed by atoms with E-state index in [9.17, 15) is 0 Å². The summed E-state index contributed by atoms with van der Waals surface area (Å²) >= 11 is 0. The van der Waals surface area contributed by atoms with Gasteiger partial charge in [-0.2, -0.15) is 15.0 Å². The average molecular weight is 346 g/mol. The van der Waals surface area contributed by atoms with E-state index in [-0.39, 0.29) is 0 Å². The number of rotatable bonds is 6. The maximum atomic E-state index is 5.39. The van der Waals surface area contributed by atoms with Crippen molar-refractivity contribution in [2.45, 2.75) is 6.92 Å². The van der Waals surface area contributed by atoms with Gasteiger partial charge < -0.3 is 19.5 Å². The maximum Gasteiger partial charge on any atom is 0.242 e. The number of hydrogen-bond acceptors (Lipinski definition) is 9. The first-order valence-electron chi connectivity index (χ1n) is 7.99. The Morgan fingerprint density at radius 1 is 1.04 bits per heavy atom. The van der Waals surface area contributed by atoms with Crippen molar-refractivity contribution in [2.24, 2.45) is 0 Å². The van der Waals surface area contributed by atoms with Gasteiger partial charge in [0.05, 0.1) is 33.1 Å². The Bertz CT molecular complexity index is 721. The van der Waals surface area contributed by atoms with E-state index < -0.39 is 0 Å². The van der Waals surface area contributed by atoms with Crippen LogP contribution in [0.4, 0.5) is 17.6 Å². The van der Waals surface area contributed by atoms with Crippen LogP contribution in [0.2, 0.25) is 0 Å². The summed E-state index contributed by atoms with van der Waals surface area (Å²) in [5.74, 6) is 2.89. The van der Waals surface area contributed by atoms with Gasteiger partial charge in [-0.15, -0.1) is 0 Å². The van der Waals surface area contributed by atoms with Crippen LogP contribution in [0.25, 0.3) is 0 Å². The lowest BCUT2D eigenvalue weighted by Crippen LogP contribution is -2.40. The first-order valence-corrected chi connectivity index (χ1v) is 7.99. The molecule has 2 N–H and O–H groups in total. The zero-order valence-electron chi connectivity index (χ0n) is 14.6. The van der Waals surface area contributed by atoms with Gasteiger partial charge >= 0.3 is 0 Å². The number of ether oxygens (including phenoxy) is 3. The predicted octanol–water partition coefficient (Wildman–Crippen LogP) is 1.60. The number of aryl methyl sites for hydroxylation is 1. The number of hydrazine groups is 1. The van der Waals surface area contributed by atoms with Crippen LogP contribution in [0.1, 0.15) is 5.82 Å². The van der Waals surface area contributed by atoms with Crippen LogP contribution in [0.5, 0.6) is 11.5 Å². The highest BCUT2D eigenvalue weighted by Crippen LogP contribution is 2.30. The Balaban J connectivity index is 1.78. The Kier molecular flexibility index (Phi) is 5.46. The second-order valence-corrected chi connectivity index (χ2v) is 5.43. The van der Waals surface area contributed by atoms with E-state index >= 15 is 0 Å². The summed E-state index contributed by atoms with van der Waals surface area (Å²) in [5, 5.41) is 5.19. The fraction of sp³-hybridized carbons (Fsp3) is 0.438. The van der Waals surface area contributed by atoms with Crippen molar-refractivity contribution >= 4 is 17.6 Å². The highest BCUT2D eigenvalue weighted by atomic mass is 16.5. The van der Waals surface area contributed by atoms with Gasteiger partial charge in [0.2, 0.25) is 11.9 Å². The zero-order valence-corrected chi connectivity index (χ0v) is 14.6. The molecule has 2 aromatic rings. The predicted molar refractivity (Wildman–Crippen MR) is 93.4 cm³/mol. The molecule has 0 amide bonds. The first-order chi connectivity index (χ1) is 12.2. The Morgan fingerprint density at radius 2 is 1.80 bits per heavy atom. The number of hydrogen-bond donors (Lipinski definition) is 2. The van der Waals surface area contributed by atoms with Crippen molar-refractivity contribution in [1.29, 1.82) is 0 Å². The molecule has 3 rings (SSSR count). The second kappa shape index (κ2) is 7.95. The maximum absolute atomic E-state index is 5.39. The third kappa shape index (κ3) is 4.46. The summed E-state index contributed by atoms with van der Waals surface area (Å²) in [5.41, 5.74) is 3.94. The average Bonchev–Trinajstić information content (AvgIpc) is 2.62. The lowest BCUT2D eigenvalue weighted by Gasteiger charge is -2.26. The van der Waals surface area contributed by atoms with Crippen molar-refractivity contribution in [2.75, 3.05) is 51.3 Å². The standard InChI is InChI=1S/C16H22N6O3/c1-11-17-15(19-13-5-4-12(23-2)10-14(13)24-3)20-16(18-11)21-22-6-8-25-9-7-22/h4-5,10H,6-9H2,1-3H3,(H2,17,18,19,20,21). The van der Waals surface area contributed by atoms with Crippen molar-refractivity contribution < 1.29 is 14.2 Å². The van der Waals surface area contributed by atoms with Gasteiger partial charge in [-0.1, -0.05) is 0 Å². The Hall–Kier alpha value is -2.65. The molecule has 1 aromatic heterocycles. The molecule has 1 fully saturated rings. The van der Waals surface area contributed by atoms with Gasteiger partial charge in [0.25, 0.3) is 0 Å². The number of methoxy groups -OCH3 is 2. The summed E-state index contributed by atoms with van der Waals surface area (Å²) in [6.07, 6.45) is 0. The molecule has 25 heavy (non-hydrogen) atoms. The van der Waals surface area contributed by atoms with Crippen LogP contribution in [0, 0.1) is 6.92 Å². The largest absolute Gasteiger partial charge is 0.497 e. The molecule has 0 bridgehead atoms. The summed E-state index contributed by atoms with van der Waals surface area (Å²) in [6.45, 7) is 4.75. The highest BCUT2D eigenvalue weighted by Gasteiger charge is 2.13. The van der Waals surface area contributed by atoms with Crippen LogP contribution < -0.4 is 20.2 Å². The van der Waals surface area contributed by atoms with Gasteiger partial charge in [0.15, 0.2) is 0 Å². The van der Waals surface area contributed by atoms with Crippen molar-refractivity contribution in [3.05, 3.63) is 24.0 Å². The molecule has 0 aliphatic carbocycles. The SMILES string of the molecule is COc1ccc(Nc2nc(C)nc(NN3CCOCC3)n2)c(OC)c1. The summed E-state index contributed by atoms with van der Waals surface area (Å²) < 4.78 is 15.9. The number of anilines is 3. The summed E-state index contributed by atoms with van der Waals surface area (Å²) in [6, 6.07) is 5.49. The van der Waals surface area contributed by atoms with E-state index in [0.29, 0.717) is 42.4 Å². The minimum Gasteiger partial charge on any atom is -0.497 e. The molecular weight excluding hydrogens is 324 g/mol. The van der Waals surface area contributed by atoms with Crippen LogP contribution in [-0.4, -0.2) is 60.5 Å². The number of nitrogens with zero attached hydrogens (tertiary/aromatic N) is 4. The Morgan fingerprint density at radius 3 is 2.52 bits per heavy atom. The monoisotopic (exact) mass is 346 g/mol. The van der Waals surface area contributed by atoms with Crippen LogP contribution in [-0.2, 0) is 4.74 Å². The lowest BCUT2D eigenvalue weighted by molar-refractivity contribution is 0.0492. The molecule has 9 nitrogen and oxygen atoms in total. The van der Waals surface area contributed by atoms with E-state index in [2.05, 4.69) is 25.7 Å². The third-order valence-electron chi connectivity index (χ3n) is 3.67. The number of morpholine rings is 1. The quantitative estimate of drug-likeness (QED) is 0.809. The van der Waals surface area contributed by atoms with Gasteiger partial charge in [0, 0.05) is 19.2 Å². The fourth-order valence-corrected chi connectivity index (χ4v) is 2.43. The molecular formula is C16H22N6O3. The highest BCUT2D eigenvalue weighted by molar-refractivity contribution is 5.64. The third-order valence-corrected chi connectivity index (χ3v) is 3.67. The molecule has 1 aromatic carbocycles. The molecule has 134 valence electrons. The molecule has 0 unspecified atom stereocenters. The summed E-state index contributed by atoms with van der Waals surface area (Å²) in [4.78, 5) is 13.1. The van der Waals surface area contributed by atoms with Gasteiger partial charge in [-0.3, -0.25) is 5.43 Å². The molecule has 0 spiro atoms. The van der Waals surface area contributed by atoms with Crippen LogP contribution >= 0.6 is 0 Å². The van der Waals surface area contributed by atoms with Crippen LogP contribution in [0.15, 0.2) is 18.2 Å². The van der Waals surface area contributed by atoms with Crippen molar-refractivity contribution in [3.8, 4) is 11.5 Å². The number of aromatic nitrogens is 3. The van der Waals surface area contributed by atoms with Crippen molar-refractivity contribution in [3.63, 3.8) is 0 Å². The molecule has 1 saturated heterocycles. The van der Waals surface area contributed by atoms with Gasteiger partial charge in [-0.05, 0) is 19.1 Å². The lowest BCUT2D eigenvalue weighted by atomic mass is 10.2. The number of nitrogens with one attached hydrogen (secondary N) is 2. The van der Waals surface area contributed by atoms with E-state index in [1.54, 1.807) is 20.3 Å². The van der Waals surface area contributed by atoms with E-state index in [0.717, 1.165) is 18.8 Å². The molecule has 1 aliphatic heterocycles. The Labute approximate surface area is 146 Å². The van der Waals surface area contributed by atoms with Crippen LogP contribution in [0.3, 0.4) is 0 Å². The van der Waals surface area contributed by atoms with E-state index in [4.69, 9.17) is 14.2 Å². The molecule has 0 atom stereocenters. The zero-order chi connectivity index (χ0) is 17.6. The number of benzene rings is 1. The smallest absolute Gasteiger partial charge is 0.242 e. The fourth-order valence-electron chi connectivity index (χ4n) is 2.43. The molecule has 0 radical (unpaired) electrons. The summed E-state index contributed by atoms with van der Waals surface area (Å²) in [7, 11) is 3.21. The van der Waals surface area contributed by atoms with Crippen molar-refractivity contribution in [1.82, 2.24) is 20.0 Å². The molecule has 0 saturated carbocycles.